The minimum absolute atomic E-state index is 0.0923. The summed E-state index contributed by atoms with van der Waals surface area (Å²) in [6.45, 7) is 0.579. The van der Waals surface area contributed by atoms with Gasteiger partial charge in [-0.05, 0) is 17.7 Å². The van der Waals surface area contributed by atoms with Crippen LogP contribution in [0.15, 0.2) is 48.5 Å². The molecule has 0 spiro atoms. The van der Waals surface area contributed by atoms with Crippen molar-refractivity contribution < 1.29 is 14.6 Å². The third-order valence-corrected chi connectivity index (χ3v) is 2.65. The second kappa shape index (κ2) is 5.96. The van der Waals surface area contributed by atoms with Gasteiger partial charge in [0, 0.05) is 12.5 Å². The van der Waals surface area contributed by atoms with Gasteiger partial charge >= 0.3 is 0 Å². The van der Waals surface area contributed by atoms with E-state index in [0.717, 1.165) is 6.42 Å². The highest BCUT2D eigenvalue weighted by atomic mass is 16.5. The van der Waals surface area contributed by atoms with E-state index in [2.05, 4.69) is 12.1 Å². The Bertz CT molecular complexity index is 494. The molecule has 94 valence electrons. The molecular weight excluding hydrogens is 228 g/mol. The second-order valence-electron chi connectivity index (χ2n) is 3.92. The van der Waals surface area contributed by atoms with Gasteiger partial charge in [0.05, 0.1) is 13.7 Å². The molecule has 0 amide bonds. The molecule has 2 rings (SSSR count). The number of hydrogen-bond acceptors (Lipinski definition) is 3. The molecule has 2 aromatic rings. The maximum absolute atomic E-state index is 9.60. The van der Waals surface area contributed by atoms with Gasteiger partial charge in [-0.1, -0.05) is 30.3 Å². The fourth-order valence-corrected chi connectivity index (χ4v) is 1.69. The molecular formula is C15H16O3. The number of hydrogen-bond donors (Lipinski definition) is 1. The summed E-state index contributed by atoms with van der Waals surface area (Å²) in [7, 11) is 1.52. The molecule has 0 atom stereocenters. The van der Waals surface area contributed by atoms with Gasteiger partial charge in [-0.2, -0.15) is 0 Å². The van der Waals surface area contributed by atoms with E-state index in [4.69, 9.17) is 9.47 Å². The van der Waals surface area contributed by atoms with E-state index >= 15 is 0 Å². The Labute approximate surface area is 107 Å². The molecule has 0 aliphatic carbocycles. The van der Waals surface area contributed by atoms with Crippen molar-refractivity contribution in [2.45, 2.75) is 6.42 Å². The lowest BCUT2D eigenvalue weighted by Gasteiger charge is -2.08. The molecule has 0 aliphatic heterocycles. The van der Waals surface area contributed by atoms with E-state index in [9.17, 15) is 5.11 Å². The Morgan fingerprint density at radius 2 is 1.83 bits per heavy atom. The van der Waals surface area contributed by atoms with Crippen molar-refractivity contribution in [1.29, 1.82) is 0 Å². The van der Waals surface area contributed by atoms with Gasteiger partial charge in [-0.3, -0.25) is 0 Å². The molecule has 18 heavy (non-hydrogen) atoms. The molecule has 0 heterocycles. The summed E-state index contributed by atoms with van der Waals surface area (Å²) >= 11 is 0. The minimum atomic E-state index is 0.0923. The van der Waals surface area contributed by atoms with Gasteiger partial charge < -0.3 is 14.6 Å². The summed E-state index contributed by atoms with van der Waals surface area (Å²) in [5.41, 5.74) is 1.23. The SMILES string of the molecule is COc1ccc(OCCc2ccccc2)cc1O. The highest BCUT2D eigenvalue weighted by Crippen LogP contribution is 2.29. The number of aromatic hydroxyl groups is 1. The summed E-state index contributed by atoms with van der Waals surface area (Å²) < 4.78 is 10.5. The minimum Gasteiger partial charge on any atom is -0.504 e. The lowest BCUT2D eigenvalue weighted by Crippen LogP contribution is -2.01. The first-order chi connectivity index (χ1) is 8.79. The molecule has 0 saturated heterocycles. The highest BCUT2D eigenvalue weighted by molar-refractivity contribution is 5.44. The highest BCUT2D eigenvalue weighted by Gasteiger charge is 2.03. The van der Waals surface area contributed by atoms with Gasteiger partial charge in [0.1, 0.15) is 5.75 Å². The Balaban J connectivity index is 1.89. The Kier molecular flexibility index (Phi) is 4.07. The molecule has 0 saturated carbocycles. The Morgan fingerprint density at radius 1 is 1.06 bits per heavy atom. The fraction of sp³-hybridized carbons (Fsp3) is 0.200. The zero-order chi connectivity index (χ0) is 12.8. The van der Waals surface area contributed by atoms with E-state index in [0.29, 0.717) is 18.1 Å². The lowest BCUT2D eigenvalue weighted by molar-refractivity contribution is 0.316. The normalized spacial score (nSPS) is 10.1. The van der Waals surface area contributed by atoms with Gasteiger partial charge in [0.15, 0.2) is 11.5 Å². The molecule has 0 fully saturated rings. The summed E-state index contributed by atoms with van der Waals surface area (Å²) in [6.07, 6.45) is 0.841. The van der Waals surface area contributed by atoms with Gasteiger partial charge in [0.25, 0.3) is 0 Å². The maximum atomic E-state index is 9.60. The van der Waals surface area contributed by atoms with Gasteiger partial charge in [-0.25, -0.2) is 0 Å². The lowest BCUT2D eigenvalue weighted by atomic mass is 10.2. The molecule has 1 N–H and O–H groups in total. The van der Waals surface area contributed by atoms with Crippen LogP contribution in [0, 0.1) is 0 Å². The first-order valence-corrected chi connectivity index (χ1v) is 5.83. The number of phenolic OH excluding ortho intramolecular Hbond substituents is 1. The van der Waals surface area contributed by atoms with E-state index in [-0.39, 0.29) is 5.75 Å². The van der Waals surface area contributed by atoms with Crippen molar-refractivity contribution in [1.82, 2.24) is 0 Å². The summed E-state index contributed by atoms with van der Waals surface area (Å²) in [5.74, 6) is 1.18. The van der Waals surface area contributed by atoms with Crippen molar-refractivity contribution in [3.8, 4) is 17.2 Å². The maximum Gasteiger partial charge on any atom is 0.161 e. The van der Waals surface area contributed by atoms with E-state index in [1.165, 1.54) is 12.7 Å². The van der Waals surface area contributed by atoms with Crippen LogP contribution in [0.5, 0.6) is 17.2 Å². The predicted octanol–water partition coefficient (Wildman–Crippen LogP) is 3.02. The Morgan fingerprint density at radius 3 is 2.50 bits per heavy atom. The largest absolute Gasteiger partial charge is 0.504 e. The number of benzene rings is 2. The van der Waals surface area contributed by atoms with E-state index < -0.39 is 0 Å². The van der Waals surface area contributed by atoms with Crippen LogP contribution in [0.25, 0.3) is 0 Å². The van der Waals surface area contributed by atoms with Crippen molar-refractivity contribution in [2.75, 3.05) is 13.7 Å². The average molecular weight is 244 g/mol. The molecule has 0 radical (unpaired) electrons. The van der Waals surface area contributed by atoms with Crippen LogP contribution in [0.2, 0.25) is 0 Å². The molecule has 3 nitrogen and oxygen atoms in total. The quantitative estimate of drug-likeness (QED) is 0.878. The van der Waals surface area contributed by atoms with Crippen LogP contribution in [0.4, 0.5) is 0 Å². The summed E-state index contributed by atoms with van der Waals surface area (Å²) in [4.78, 5) is 0. The van der Waals surface area contributed by atoms with Crippen LogP contribution < -0.4 is 9.47 Å². The number of phenols is 1. The Hall–Kier alpha value is -2.16. The third-order valence-electron chi connectivity index (χ3n) is 2.65. The molecule has 3 heteroatoms. The van der Waals surface area contributed by atoms with Crippen LogP contribution in [-0.4, -0.2) is 18.8 Å². The number of ether oxygens (including phenoxy) is 2. The first-order valence-electron chi connectivity index (χ1n) is 5.83. The van der Waals surface area contributed by atoms with Gasteiger partial charge in [-0.15, -0.1) is 0 Å². The van der Waals surface area contributed by atoms with Crippen LogP contribution >= 0.6 is 0 Å². The van der Waals surface area contributed by atoms with E-state index in [1.807, 2.05) is 18.2 Å². The monoisotopic (exact) mass is 244 g/mol. The summed E-state index contributed by atoms with van der Waals surface area (Å²) in [5, 5.41) is 9.60. The topological polar surface area (TPSA) is 38.7 Å². The van der Waals surface area contributed by atoms with Crippen molar-refractivity contribution in [3.63, 3.8) is 0 Å². The molecule has 2 aromatic carbocycles. The first kappa shape index (κ1) is 12.3. The third kappa shape index (κ3) is 3.17. The zero-order valence-corrected chi connectivity index (χ0v) is 10.3. The smallest absolute Gasteiger partial charge is 0.161 e. The zero-order valence-electron chi connectivity index (χ0n) is 10.3. The standard InChI is InChI=1S/C15H16O3/c1-17-15-8-7-13(11-14(15)16)18-10-9-12-5-3-2-4-6-12/h2-8,11,16H,9-10H2,1H3. The molecule has 0 bridgehead atoms. The fourth-order valence-electron chi connectivity index (χ4n) is 1.69. The van der Waals surface area contributed by atoms with Gasteiger partial charge in [0.2, 0.25) is 0 Å². The number of methoxy groups -OCH3 is 1. The van der Waals surface area contributed by atoms with Crippen molar-refractivity contribution in [3.05, 3.63) is 54.1 Å². The van der Waals surface area contributed by atoms with Crippen LogP contribution in [0.1, 0.15) is 5.56 Å². The summed E-state index contributed by atoms with van der Waals surface area (Å²) in [6, 6.07) is 15.2. The van der Waals surface area contributed by atoms with E-state index in [1.54, 1.807) is 18.2 Å². The van der Waals surface area contributed by atoms with Crippen molar-refractivity contribution >= 4 is 0 Å². The van der Waals surface area contributed by atoms with Crippen molar-refractivity contribution in [2.24, 2.45) is 0 Å². The predicted molar refractivity (Wildman–Crippen MR) is 70.3 cm³/mol. The second-order valence-corrected chi connectivity index (χ2v) is 3.92. The average Bonchev–Trinajstić information content (AvgIpc) is 2.40. The molecule has 0 aromatic heterocycles. The van der Waals surface area contributed by atoms with Crippen LogP contribution in [-0.2, 0) is 6.42 Å². The number of rotatable bonds is 5. The molecule has 0 aliphatic rings. The molecule has 0 unspecified atom stereocenters. The van der Waals surface area contributed by atoms with Crippen LogP contribution in [0.3, 0.4) is 0 Å².